The first kappa shape index (κ1) is 26.8. The molecule has 1 N–H and O–H groups in total. The molecule has 172 valence electrons. The molecular weight excluding hydrogens is 396 g/mol. The van der Waals surface area contributed by atoms with Crippen LogP contribution in [0.3, 0.4) is 0 Å². The van der Waals surface area contributed by atoms with Gasteiger partial charge in [0.2, 0.25) is 0 Å². The van der Waals surface area contributed by atoms with Crippen LogP contribution in [0.1, 0.15) is 53.0 Å². The molecule has 0 unspecified atom stereocenters. The molecule has 1 rings (SSSR count). The lowest BCUT2D eigenvalue weighted by molar-refractivity contribution is -0.127. The maximum atomic E-state index is 12.6. The van der Waals surface area contributed by atoms with Gasteiger partial charge in [-0.3, -0.25) is 4.79 Å². The third-order valence-corrected chi connectivity index (χ3v) is 10.7. The second-order valence-corrected chi connectivity index (χ2v) is 14.7. The van der Waals surface area contributed by atoms with Crippen molar-refractivity contribution >= 4 is 14.1 Å². The Balaban J connectivity index is 2.33. The summed E-state index contributed by atoms with van der Waals surface area (Å²) in [5, 5.41) is 10.6. The summed E-state index contributed by atoms with van der Waals surface area (Å²) in [7, 11) is -0.185. The number of methoxy groups -OCH3 is 1. The Hall–Kier alpha value is -1.21. The molecule has 0 aliphatic heterocycles. The number of Topliss-reactive ketones (excluding diaryl/α,β-unsaturated/α-hetero) is 1. The van der Waals surface area contributed by atoms with Crippen LogP contribution >= 0.6 is 0 Å². The first-order chi connectivity index (χ1) is 13.9. The second kappa shape index (κ2) is 12.0. The minimum atomic E-state index is -1.83. The molecule has 0 heterocycles. The average molecular weight is 439 g/mol. The van der Waals surface area contributed by atoms with Gasteiger partial charge in [0.05, 0.1) is 19.8 Å². The molecule has 30 heavy (non-hydrogen) atoms. The van der Waals surface area contributed by atoms with Crippen LogP contribution in [0, 0.1) is 11.8 Å². The number of ether oxygens (including phenoxy) is 2. The molecule has 0 bridgehead atoms. The van der Waals surface area contributed by atoms with E-state index >= 15 is 0 Å². The number of hydrogen-bond acceptors (Lipinski definition) is 5. The van der Waals surface area contributed by atoms with E-state index < -0.39 is 20.3 Å². The smallest absolute Gasteiger partial charge is 0.191 e. The number of ketones is 1. The SMILES string of the molecule is COc1ccc(COC[C@H](C)CC(=O)[C@@H](C)[C@H](O)CCO[Si](C)(C)C(C)(C)C)cc1. The molecule has 0 aliphatic rings. The van der Waals surface area contributed by atoms with E-state index in [1.54, 1.807) is 7.11 Å². The molecule has 1 aromatic carbocycles. The Morgan fingerprint density at radius 3 is 2.27 bits per heavy atom. The Morgan fingerprint density at radius 2 is 1.73 bits per heavy atom. The van der Waals surface area contributed by atoms with Crippen LogP contribution in [-0.4, -0.2) is 45.6 Å². The number of hydrogen-bond donors (Lipinski definition) is 1. The van der Waals surface area contributed by atoms with Crippen molar-refractivity contribution in [2.45, 2.75) is 78.3 Å². The highest BCUT2D eigenvalue weighted by Crippen LogP contribution is 2.36. The van der Waals surface area contributed by atoms with Crippen molar-refractivity contribution in [3.8, 4) is 5.75 Å². The Morgan fingerprint density at radius 1 is 1.13 bits per heavy atom. The molecule has 0 fully saturated rings. The van der Waals surface area contributed by atoms with Crippen LogP contribution in [0.4, 0.5) is 0 Å². The van der Waals surface area contributed by atoms with E-state index in [1.807, 2.05) is 38.1 Å². The van der Waals surface area contributed by atoms with E-state index in [4.69, 9.17) is 13.9 Å². The summed E-state index contributed by atoms with van der Waals surface area (Å²) < 4.78 is 17.0. The number of benzene rings is 1. The third kappa shape index (κ3) is 8.88. The topological polar surface area (TPSA) is 65.0 Å². The summed E-state index contributed by atoms with van der Waals surface area (Å²) in [6.07, 6.45) is 0.223. The Bertz CT molecular complexity index is 636. The molecule has 6 heteroatoms. The van der Waals surface area contributed by atoms with Gasteiger partial charge in [-0.2, -0.15) is 0 Å². The van der Waals surface area contributed by atoms with Crippen molar-refractivity contribution < 1.29 is 23.8 Å². The zero-order valence-corrected chi connectivity index (χ0v) is 21.2. The summed E-state index contributed by atoms with van der Waals surface area (Å²) >= 11 is 0. The van der Waals surface area contributed by atoms with E-state index in [1.165, 1.54) is 0 Å². The molecule has 0 radical (unpaired) electrons. The highest BCUT2D eigenvalue weighted by atomic mass is 28.4. The fraction of sp³-hybridized carbons (Fsp3) is 0.708. The normalized spacial score (nSPS) is 15.5. The first-order valence-corrected chi connectivity index (χ1v) is 13.8. The molecule has 0 spiro atoms. The molecule has 0 aliphatic carbocycles. The van der Waals surface area contributed by atoms with E-state index in [0.29, 0.717) is 32.7 Å². The number of rotatable bonds is 13. The van der Waals surface area contributed by atoms with Crippen molar-refractivity contribution in [3.05, 3.63) is 29.8 Å². The standard InChI is InChI=1S/C24H42O5Si/c1-18(16-28-17-20-9-11-21(27-6)12-10-20)15-23(26)19(2)22(25)13-14-29-30(7,8)24(3,4)5/h9-12,18-19,22,25H,13-17H2,1-8H3/t18-,19+,22-/m1/s1. The predicted molar refractivity (Wildman–Crippen MR) is 124 cm³/mol. The lowest BCUT2D eigenvalue weighted by Gasteiger charge is -2.36. The van der Waals surface area contributed by atoms with Crippen molar-refractivity contribution in [2.75, 3.05) is 20.3 Å². The van der Waals surface area contributed by atoms with Gasteiger partial charge in [0.25, 0.3) is 0 Å². The summed E-state index contributed by atoms with van der Waals surface area (Å²) in [4.78, 5) is 12.6. The second-order valence-electron chi connectivity index (χ2n) is 9.89. The molecular formula is C24H42O5Si. The minimum Gasteiger partial charge on any atom is -0.497 e. The summed E-state index contributed by atoms with van der Waals surface area (Å²) in [5.74, 6) is 0.612. The number of aliphatic hydroxyl groups is 1. The quantitative estimate of drug-likeness (QED) is 0.428. The predicted octanol–water partition coefficient (Wildman–Crippen LogP) is 5.22. The zero-order chi connectivity index (χ0) is 22.9. The van der Waals surface area contributed by atoms with Crippen molar-refractivity contribution in [1.82, 2.24) is 0 Å². The van der Waals surface area contributed by atoms with Gasteiger partial charge in [-0.1, -0.05) is 46.8 Å². The molecule has 0 saturated heterocycles. The molecule has 5 nitrogen and oxygen atoms in total. The van der Waals surface area contributed by atoms with Gasteiger partial charge in [0.15, 0.2) is 8.32 Å². The average Bonchev–Trinajstić information content (AvgIpc) is 2.66. The van der Waals surface area contributed by atoms with Crippen LogP contribution in [0.25, 0.3) is 0 Å². The van der Waals surface area contributed by atoms with Crippen molar-refractivity contribution in [2.24, 2.45) is 11.8 Å². The Labute approximate surface area is 184 Å². The molecule has 0 amide bonds. The molecule has 0 saturated carbocycles. The van der Waals surface area contributed by atoms with Gasteiger partial charge in [0.1, 0.15) is 11.5 Å². The van der Waals surface area contributed by atoms with Crippen LogP contribution in [-0.2, 0) is 20.6 Å². The number of aliphatic hydroxyl groups excluding tert-OH is 1. The van der Waals surface area contributed by atoms with Gasteiger partial charge in [-0.05, 0) is 48.2 Å². The summed E-state index contributed by atoms with van der Waals surface area (Å²) in [6.45, 7) is 16.3. The lowest BCUT2D eigenvalue weighted by atomic mass is 9.91. The molecule has 1 aromatic rings. The zero-order valence-electron chi connectivity index (χ0n) is 20.2. The minimum absolute atomic E-state index is 0.0790. The van der Waals surface area contributed by atoms with E-state index in [0.717, 1.165) is 11.3 Å². The number of carbonyl (C=O) groups is 1. The summed E-state index contributed by atoms with van der Waals surface area (Å²) in [6, 6.07) is 7.75. The monoisotopic (exact) mass is 438 g/mol. The molecule has 0 aromatic heterocycles. The fourth-order valence-electron chi connectivity index (χ4n) is 2.80. The van der Waals surface area contributed by atoms with Crippen molar-refractivity contribution in [1.29, 1.82) is 0 Å². The van der Waals surface area contributed by atoms with Gasteiger partial charge < -0.3 is 19.0 Å². The number of carbonyl (C=O) groups excluding carboxylic acids is 1. The van der Waals surface area contributed by atoms with E-state index in [9.17, 15) is 9.90 Å². The van der Waals surface area contributed by atoms with Gasteiger partial charge in [0, 0.05) is 25.6 Å². The molecule has 3 atom stereocenters. The Kier molecular flexibility index (Phi) is 10.7. The van der Waals surface area contributed by atoms with Crippen LogP contribution in [0.2, 0.25) is 18.1 Å². The van der Waals surface area contributed by atoms with Crippen LogP contribution in [0.15, 0.2) is 24.3 Å². The first-order valence-electron chi connectivity index (χ1n) is 10.9. The largest absolute Gasteiger partial charge is 0.497 e. The maximum Gasteiger partial charge on any atom is 0.191 e. The van der Waals surface area contributed by atoms with Gasteiger partial charge >= 0.3 is 0 Å². The van der Waals surface area contributed by atoms with Gasteiger partial charge in [-0.15, -0.1) is 0 Å². The highest BCUT2D eigenvalue weighted by Gasteiger charge is 2.37. The van der Waals surface area contributed by atoms with E-state index in [-0.39, 0.29) is 16.7 Å². The van der Waals surface area contributed by atoms with Gasteiger partial charge in [-0.25, -0.2) is 0 Å². The van der Waals surface area contributed by atoms with Crippen LogP contribution in [0.5, 0.6) is 5.75 Å². The third-order valence-electron chi connectivity index (χ3n) is 6.15. The summed E-state index contributed by atoms with van der Waals surface area (Å²) in [5.41, 5.74) is 1.07. The highest BCUT2D eigenvalue weighted by molar-refractivity contribution is 6.74. The van der Waals surface area contributed by atoms with E-state index in [2.05, 4.69) is 33.9 Å². The lowest BCUT2D eigenvalue weighted by Crippen LogP contribution is -2.41. The fourth-order valence-corrected chi connectivity index (χ4v) is 3.87. The maximum absolute atomic E-state index is 12.6. The van der Waals surface area contributed by atoms with Crippen LogP contribution < -0.4 is 4.74 Å². The van der Waals surface area contributed by atoms with Crippen molar-refractivity contribution in [3.63, 3.8) is 0 Å².